The molecule has 0 bridgehead atoms. The summed E-state index contributed by atoms with van der Waals surface area (Å²) in [7, 11) is -0.592. The Bertz CT molecular complexity index is 672. The highest BCUT2D eigenvalue weighted by atomic mass is 31.2. The number of rotatable bonds is 10. The number of hydrogen-bond acceptors (Lipinski definition) is 5. The van der Waals surface area contributed by atoms with E-state index in [9.17, 15) is 9.67 Å². The molecule has 2 aromatic carbocycles. The molecule has 0 aliphatic heterocycles. The van der Waals surface area contributed by atoms with E-state index in [1.165, 1.54) is 14.2 Å². The maximum Gasteiger partial charge on any atom is 0.332 e. The molecule has 0 aliphatic rings. The fourth-order valence-electron chi connectivity index (χ4n) is 3.28. The third kappa shape index (κ3) is 6.00. The van der Waals surface area contributed by atoms with Crippen molar-refractivity contribution in [3.8, 4) is 0 Å². The Kier molecular flexibility index (Phi) is 8.21. The summed E-state index contributed by atoms with van der Waals surface area (Å²) >= 11 is 0. The lowest BCUT2D eigenvalue weighted by Gasteiger charge is -2.37. The molecule has 3 atom stereocenters. The molecule has 0 amide bonds. The zero-order valence-electron chi connectivity index (χ0n) is 16.5. The second-order valence-corrected chi connectivity index (χ2v) is 9.00. The lowest BCUT2D eigenvalue weighted by molar-refractivity contribution is 0.0725. The van der Waals surface area contributed by atoms with Gasteiger partial charge in [-0.1, -0.05) is 60.7 Å². The zero-order valence-corrected chi connectivity index (χ0v) is 17.4. The van der Waals surface area contributed by atoms with Gasteiger partial charge < -0.3 is 14.2 Å². The first-order chi connectivity index (χ1) is 12.9. The molecule has 0 fully saturated rings. The Morgan fingerprint density at radius 2 is 1.30 bits per heavy atom. The van der Waals surface area contributed by atoms with Crippen molar-refractivity contribution in [3.63, 3.8) is 0 Å². The molecule has 1 N–H and O–H groups in total. The summed E-state index contributed by atoms with van der Waals surface area (Å²) in [6.45, 7) is 4.59. The molecule has 27 heavy (non-hydrogen) atoms. The number of aliphatic hydroxyl groups excluding tert-OH is 1. The fourth-order valence-corrected chi connectivity index (χ4v) is 4.36. The minimum absolute atomic E-state index is 0.0421. The van der Waals surface area contributed by atoms with Crippen LogP contribution in [0.3, 0.4) is 0 Å². The van der Waals surface area contributed by atoms with Gasteiger partial charge in [0.05, 0.1) is 12.3 Å². The third-order valence-electron chi connectivity index (χ3n) is 4.97. The lowest BCUT2D eigenvalue weighted by Crippen LogP contribution is -2.38. The minimum Gasteiger partial charge on any atom is -0.391 e. The summed E-state index contributed by atoms with van der Waals surface area (Å²) in [5.41, 5.74) is 2.32. The molecule has 2 aromatic rings. The van der Waals surface area contributed by atoms with Crippen LogP contribution in [0.1, 0.15) is 37.1 Å². The zero-order chi connectivity index (χ0) is 19.9. The Morgan fingerprint density at radius 3 is 1.67 bits per heavy atom. The SMILES string of the molecule is COP(=O)(C[C@H](O)CN([C@@H](C)c1ccccc1)[C@@H](C)c1ccccc1)OC. The van der Waals surface area contributed by atoms with Crippen LogP contribution < -0.4 is 0 Å². The van der Waals surface area contributed by atoms with E-state index in [0.29, 0.717) is 6.54 Å². The summed E-state index contributed by atoms with van der Waals surface area (Å²) in [6, 6.07) is 20.5. The molecule has 5 nitrogen and oxygen atoms in total. The van der Waals surface area contributed by atoms with Crippen molar-refractivity contribution in [1.82, 2.24) is 4.90 Å². The molecule has 0 saturated heterocycles. The van der Waals surface area contributed by atoms with Crippen molar-refractivity contribution in [3.05, 3.63) is 71.8 Å². The van der Waals surface area contributed by atoms with Crippen LogP contribution in [0.5, 0.6) is 0 Å². The van der Waals surface area contributed by atoms with Gasteiger partial charge in [-0.15, -0.1) is 0 Å². The Morgan fingerprint density at radius 1 is 0.889 bits per heavy atom. The van der Waals surface area contributed by atoms with Gasteiger partial charge in [-0.25, -0.2) is 0 Å². The van der Waals surface area contributed by atoms with E-state index in [1.54, 1.807) is 0 Å². The summed E-state index contributed by atoms with van der Waals surface area (Å²) in [6.07, 6.45) is -0.882. The number of hydrogen-bond donors (Lipinski definition) is 1. The van der Waals surface area contributed by atoms with Crippen LogP contribution >= 0.6 is 7.60 Å². The Hall–Kier alpha value is -1.49. The number of aliphatic hydroxyl groups is 1. The van der Waals surface area contributed by atoms with Crippen LogP contribution in [-0.4, -0.2) is 43.0 Å². The average Bonchev–Trinajstić information content (AvgIpc) is 2.72. The summed E-state index contributed by atoms with van der Waals surface area (Å²) < 4.78 is 22.4. The van der Waals surface area contributed by atoms with Crippen molar-refractivity contribution in [1.29, 1.82) is 0 Å². The number of benzene rings is 2. The van der Waals surface area contributed by atoms with E-state index in [0.717, 1.165) is 11.1 Å². The molecule has 148 valence electrons. The van der Waals surface area contributed by atoms with Crippen molar-refractivity contribution in [2.75, 3.05) is 26.9 Å². The Balaban J connectivity index is 2.25. The van der Waals surface area contributed by atoms with Gasteiger partial charge in [-0.05, 0) is 25.0 Å². The maximum absolute atomic E-state index is 12.4. The van der Waals surface area contributed by atoms with Crippen LogP contribution in [0.15, 0.2) is 60.7 Å². The van der Waals surface area contributed by atoms with Crippen LogP contribution in [0.2, 0.25) is 0 Å². The van der Waals surface area contributed by atoms with E-state index in [-0.39, 0.29) is 18.2 Å². The van der Waals surface area contributed by atoms with Gasteiger partial charge in [-0.2, -0.15) is 0 Å². The molecule has 0 heterocycles. The largest absolute Gasteiger partial charge is 0.391 e. The number of nitrogens with zero attached hydrogens (tertiary/aromatic N) is 1. The van der Waals surface area contributed by atoms with Crippen LogP contribution in [0, 0.1) is 0 Å². The topological polar surface area (TPSA) is 59.0 Å². The predicted octanol–water partition coefficient (Wildman–Crippen LogP) is 4.66. The van der Waals surface area contributed by atoms with Gasteiger partial charge in [0, 0.05) is 32.8 Å². The van der Waals surface area contributed by atoms with Gasteiger partial charge in [-0.3, -0.25) is 9.46 Å². The molecular formula is C21H30NO4P. The van der Waals surface area contributed by atoms with Gasteiger partial charge in [0.2, 0.25) is 0 Å². The molecular weight excluding hydrogens is 361 g/mol. The van der Waals surface area contributed by atoms with E-state index in [4.69, 9.17) is 9.05 Å². The quantitative estimate of drug-likeness (QED) is 0.597. The van der Waals surface area contributed by atoms with Gasteiger partial charge in [0.15, 0.2) is 0 Å². The summed E-state index contributed by atoms with van der Waals surface area (Å²) in [5.74, 6) is 0. The molecule has 0 radical (unpaired) electrons. The van der Waals surface area contributed by atoms with E-state index < -0.39 is 13.7 Å². The Labute approximate surface area is 162 Å². The highest BCUT2D eigenvalue weighted by Crippen LogP contribution is 2.47. The first-order valence-corrected chi connectivity index (χ1v) is 10.9. The maximum atomic E-state index is 12.4. The third-order valence-corrected chi connectivity index (χ3v) is 6.95. The normalized spacial score (nSPS) is 15.5. The summed E-state index contributed by atoms with van der Waals surface area (Å²) in [5, 5.41) is 10.6. The molecule has 2 rings (SSSR count). The molecule has 0 saturated carbocycles. The smallest absolute Gasteiger partial charge is 0.332 e. The average molecular weight is 391 g/mol. The van der Waals surface area contributed by atoms with Crippen LogP contribution in [-0.2, 0) is 13.6 Å². The molecule has 0 aliphatic carbocycles. The molecule has 0 aromatic heterocycles. The van der Waals surface area contributed by atoms with E-state index >= 15 is 0 Å². The first-order valence-electron chi connectivity index (χ1n) is 9.14. The van der Waals surface area contributed by atoms with Gasteiger partial charge in [0.25, 0.3) is 0 Å². The molecule has 0 spiro atoms. The van der Waals surface area contributed by atoms with Crippen molar-refractivity contribution < 1.29 is 18.7 Å². The molecule has 6 heteroatoms. The van der Waals surface area contributed by atoms with Gasteiger partial charge >= 0.3 is 7.60 Å². The highest BCUT2D eigenvalue weighted by molar-refractivity contribution is 7.53. The van der Waals surface area contributed by atoms with Crippen molar-refractivity contribution >= 4 is 7.60 Å². The van der Waals surface area contributed by atoms with Crippen LogP contribution in [0.25, 0.3) is 0 Å². The van der Waals surface area contributed by atoms with E-state index in [1.807, 2.05) is 36.4 Å². The minimum atomic E-state index is -3.27. The standard InChI is InChI=1S/C21H30NO4P/c1-17(19-11-7-5-8-12-19)22(18(2)20-13-9-6-10-14-20)15-21(23)16-27(24,25-3)26-4/h5-14,17-18,21,23H,15-16H2,1-4H3/t17-,18-,21+/m0/s1. The van der Waals surface area contributed by atoms with Crippen molar-refractivity contribution in [2.24, 2.45) is 0 Å². The summed E-state index contributed by atoms with van der Waals surface area (Å²) in [4.78, 5) is 2.21. The van der Waals surface area contributed by atoms with Gasteiger partial charge in [0.1, 0.15) is 0 Å². The lowest BCUT2D eigenvalue weighted by atomic mass is 10.0. The predicted molar refractivity (Wildman–Crippen MR) is 109 cm³/mol. The van der Waals surface area contributed by atoms with Crippen LogP contribution in [0.4, 0.5) is 0 Å². The highest BCUT2D eigenvalue weighted by Gasteiger charge is 2.30. The molecule has 0 unspecified atom stereocenters. The fraction of sp³-hybridized carbons (Fsp3) is 0.429. The van der Waals surface area contributed by atoms with Crippen molar-refractivity contribution in [2.45, 2.75) is 32.0 Å². The monoisotopic (exact) mass is 391 g/mol. The second kappa shape index (κ2) is 10.2. The first kappa shape index (κ1) is 21.8. The van der Waals surface area contributed by atoms with E-state index in [2.05, 4.69) is 43.0 Å². The second-order valence-electron chi connectivity index (χ2n) is 6.68.